The molecule has 3 N–H and O–H groups in total. The van der Waals surface area contributed by atoms with Crippen LogP contribution in [0.4, 0.5) is 5.69 Å². The highest BCUT2D eigenvalue weighted by Crippen LogP contribution is 2.26. The first-order valence-corrected chi connectivity index (χ1v) is 8.02. The van der Waals surface area contributed by atoms with Crippen LogP contribution >= 0.6 is 11.8 Å². The molecule has 0 fully saturated rings. The zero-order chi connectivity index (χ0) is 16.7. The number of aryl methyl sites for hydroxylation is 1. The summed E-state index contributed by atoms with van der Waals surface area (Å²) in [6.45, 7) is 1.90. The van der Waals surface area contributed by atoms with Crippen molar-refractivity contribution in [3.05, 3.63) is 54.1 Å². The standard InChI is InChI=1S/C17H18N2O3S/c1-12-6-8-13(9-7-12)22-10-17(21)19-14-4-2-3-5-15(14)23-11-16(18)20/h2-9H,10-11H2,1H3,(H2,18,20)(H,19,21). The fourth-order valence-corrected chi connectivity index (χ4v) is 2.56. The van der Waals surface area contributed by atoms with E-state index < -0.39 is 5.91 Å². The number of hydrogen-bond donors (Lipinski definition) is 2. The van der Waals surface area contributed by atoms with E-state index in [9.17, 15) is 9.59 Å². The van der Waals surface area contributed by atoms with Gasteiger partial charge in [-0.2, -0.15) is 0 Å². The molecule has 120 valence electrons. The molecule has 0 aliphatic rings. The molecule has 0 unspecified atom stereocenters. The Balaban J connectivity index is 1.92. The molecule has 2 rings (SSSR count). The number of thioether (sulfide) groups is 1. The van der Waals surface area contributed by atoms with Crippen molar-refractivity contribution in [3.63, 3.8) is 0 Å². The first-order valence-electron chi connectivity index (χ1n) is 7.04. The predicted molar refractivity (Wildman–Crippen MR) is 91.7 cm³/mol. The van der Waals surface area contributed by atoms with Crippen molar-refractivity contribution in [2.24, 2.45) is 5.73 Å². The molecule has 0 radical (unpaired) electrons. The molecule has 0 saturated carbocycles. The molecule has 0 aliphatic heterocycles. The van der Waals surface area contributed by atoms with Gasteiger partial charge in [-0.3, -0.25) is 9.59 Å². The molecule has 6 heteroatoms. The smallest absolute Gasteiger partial charge is 0.262 e. The molecule has 2 aromatic rings. The van der Waals surface area contributed by atoms with Crippen LogP contribution in [0.15, 0.2) is 53.4 Å². The minimum atomic E-state index is -0.404. The number of primary amides is 1. The minimum Gasteiger partial charge on any atom is -0.484 e. The lowest BCUT2D eigenvalue weighted by Crippen LogP contribution is -2.20. The average molecular weight is 330 g/mol. The molecule has 0 saturated heterocycles. The number of carbonyl (C=O) groups excluding carboxylic acids is 2. The lowest BCUT2D eigenvalue weighted by molar-refractivity contribution is -0.118. The second-order valence-corrected chi connectivity index (χ2v) is 5.92. The van der Waals surface area contributed by atoms with Crippen molar-refractivity contribution in [2.75, 3.05) is 17.7 Å². The van der Waals surface area contributed by atoms with Gasteiger partial charge in [-0.1, -0.05) is 29.8 Å². The molecule has 5 nitrogen and oxygen atoms in total. The third-order valence-corrected chi connectivity index (χ3v) is 4.02. The van der Waals surface area contributed by atoms with E-state index in [-0.39, 0.29) is 18.3 Å². The third kappa shape index (κ3) is 5.67. The van der Waals surface area contributed by atoms with Crippen LogP contribution in [-0.2, 0) is 9.59 Å². The van der Waals surface area contributed by atoms with Crippen molar-refractivity contribution in [3.8, 4) is 5.75 Å². The van der Waals surface area contributed by atoms with E-state index in [1.54, 1.807) is 6.07 Å². The van der Waals surface area contributed by atoms with E-state index in [4.69, 9.17) is 10.5 Å². The number of carbonyl (C=O) groups is 2. The van der Waals surface area contributed by atoms with Gasteiger partial charge in [0.05, 0.1) is 11.4 Å². The predicted octanol–water partition coefficient (Wildman–Crippen LogP) is 2.59. The third-order valence-electron chi connectivity index (χ3n) is 2.92. The summed E-state index contributed by atoms with van der Waals surface area (Å²) in [5.74, 6) is 0.130. The minimum absolute atomic E-state index is 0.0854. The summed E-state index contributed by atoms with van der Waals surface area (Å²) in [5.41, 5.74) is 6.91. The van der Waals surface area contributed by atoms with Gasteiger partial charge in [-0.15, -0.1) is 11.8 Å². The van der Waals surface area contributed by atoms with Crippen LogP contribution in [0.1, 0.15) is 5.56 Å². The number of anilines is 1. The Kier molecular flexibility index (Phi) is 6.05. The molecular weight excluding hydrogens is 312 g/mol. The molecule has 0 heterocycles. The van der Waals surface area contributed by atoms with Crippen LogP contribution < -0.4 is 15.8 Å². The molecule has 23 heavy (non-hydrogen) atoms. The van der Waals surface area contributed by atoms with Crippen molar-refractivity contribution in [1.82, 2.24) is 0 Å². The first kappa shape index (κ1) is 16.9. The van der Waals surface area contributed by atoms with Crippen molar-refractivity contribution in [1.29, 1.82) is 0 Å². The summed E-state index contributed by atoms with van der Waals surface area (Å²) in [5, 5.41) is 2.78. The second kappa shape index (κ2) is 8.24. The molecule has 0 atom stereocenters. The summed E-state index contributed by atoms with van der Waals surface area (Å²) in [7, 11) is 0. The van der Waals surface area contributed by atoms with Gasteiger partial charge in [0.25, 0.3) is 5.91 Å². The number of nitrogens with one attached hydrogen (secondary N) is 1. The van der Waals surface area contributed by atoms with E-state index in [1.807, 2.05) is 49.4 Å². The number of para-hydroxylation sites is 1. The topological polar surface area (TPSA) is 81.4 Å². The summed E-state index contributed by atoms with van der Waals surface area (Å²) >= 11 is 1.28. The van der Waals surface area contributed by atoms with Gasteiger partial charge in [-0.25, -0.2) is 0 Å². The van der Waals surface area contributed by atoms with Gasteiger partial charge >= 0.3 is 0 Å². The van der Waals surface area contributed by atoms with Crippen molar-refractivity contribution in [2.45, 2.75) is 11.8 Å². The molecule has 0 bridgehead atoms. The molecular formula is C17H18N2O3S. The largest absolute Gasteiger partial charge is 0.484 e. The van der Waals surface area contributed by atoms with Gasteiger partial charge in [0.1, 0.15) is 5.75 Å². The van der Waals surface area contributed by atoms with Gasteiger partial charge in [0, 0.05) is 4.90 Å². The highest BCUT2D eigenvalue weighted by atomic mass is 32.2. The number of nitrogens with two attached hydrogens (primary N) is 1. The van der Waals surface area contributed by atoms with Crippen LogP contribution in [-0.4, -0.2) is 24.2 Å². The zero-order valence-corrected chi connectivity index (χ0v) is 13.6. The number of hydrogen-bond acceptors (Lipinski definition) is 4. The Labute approximate surface area is 139 Å². The van der Waals surface area contributed by atoms with Crippen LogP contribution in [0.3, 0.4) is 0 Å². The van der Waals surface area contributed by atoms with Crippen LogP contribution in [0, 0.1) is 6.92 Å². The Morgan fingerprint density at radius 1 is 1.13 bits per heavy atom. The fraction of sp³-hybridized carbons (Fsp3) is 0.176. The molecule has 2 amide bonds. The van der Waals surface area contributed by atoms with Crippen LogP contribution in [0.5, 0.6) is 5.75 Å². The Bertz CT molecular complexity index is 686. The fourth-order valence-electron chi connectivity index (χ4n) is 1.81. The Morgan fingerprint density at radius 2 is 1.83 bits per heavy atom. The molecule has 2 aromatic carbocycles. The SMILES string of the molecule is Cc1ccc(OCC(=O)Nc2ccccc2SCC(N)=O)cc1. The van der Waals surface area contributed by atoms with Crippen LogP contribution in [0.2, 0.25) is 0 Å². The van der Waals surface area contributed by atoms with E-state index >= 15 is 0 Å². The number of ether oxygens (including phenoxy) is 1. The van der Waals surface area contributed by atoms with E-state index in [0.717, 1.165) is 10.5 Å². The Hall–Kier alpha value is -2.47. The van der Waals surface area contributed by atoms with Gasteiger partial charge in [-0.05, 0) is 31.2 Å². The van der Waals surface area contributed by atoms with Crippen LogP contribution in [0.25, 0.3) is 0 Å². The highest BCUT2D eigenvalue weighted by Gasteiger charge is 2.09. The highest BCUT2D eigenvalue weighted by molar-refractivity contribution is 8.00. The normalized spacial score (nSPS) is 10.1. The molecule has 0 aromatic heterocycles. The van der Waals surface area contributed by atoms with Gasteiger partial charge < -0.3 is 15.8 Å². The zero-order valence-electron chi connectivity index (χ0n) is 12.7. The summed E-state index contributed by atoms with van der Waals surface area (Å²) in [6.07, 6.45) is 0. The van der Waals surface area contributed by atoms with E-state index in [0.29, 0.717) is 11.4 Å². The lowest BCUT2D eigenvalue weighted by Gasteiger charge is -2.11. The lowest BCUT2D eigenvalue weighted by atomic mass is 10.2. The monoisotopic (exact) mass is 330 g/mol. The maximum Gasteiger partial charge on any atom is 0.262 e. The van der Waals surface area contributed by atoms with Crippen molar-refractivity contribution < 1.29 is 14.3 Å². The maximum atomic E-state index is 12.0. The summed E-state index contributed by atoms with van der Waals surface area (Å²) in [6, 6.07) is 14.7. The number of amides is 2. The van der Waals surface area contributed by atoms with Gasteiger partial charge in [0.2, 0.25) is 5.91 Å². The quantitative estimate of drug-likeness (QED) is 0.765. The number of rotatable bonds is 7. The molecule has 0 aliphatic carbocycles. The number of benzene rings is 2. The van der Waals surface area contributed by atoms with E-state index in [1.165, 1.54) is 11.8 Å². The average Bonchev–Trinajstić information content (AvgIpc) is 2.53. The molecule has 0 spiro atoms. The van der Waals surface area contributed by atoms with E-state index in [2.05, 4.69) is 5.32 Å². The second-order valence-electron chi connectivity index (χ2n) is 4.90. The van der Waals surface area contributed by atoms with Gasteiger partial charge in [0.15, 0.2) is 6.61 Å². The Morgan fingerprint density at radius 3 is 2.52 bits per heavy atom. The van der Waals surface area contributed by atoms with Crippen molar-refractivity contribution >= 4 is 29.3 Å². The summed E-state index contributed by atoms with van der Waals surface area (Å²) < 4.78 is 5.44. The first-order chi connectivity index (χ1) is 11.0. The maximum absolute atomic E-state index is 12.0. The summed E-state index contributed by atoms with van der Waals surface area (Å²) in [4.78, 5) is 23.7.